The predicted molar refractivity (Wildman–Crippen MR) is 51.5 cm³/mol. The molecule has 0 aromatic carbocycles. The second-order valence-corrected chi connectivity index (χ2v) is 3.88. The largest absolute Gasteiger partial charge is 0.335 e. The highest BCUT2D eigenvalue weighted by Crippen LogP contribution is 2.28. The van der Waals surface area contributed by atoms with Crippen LogP contribution in [0.4, 0.5) is 14.7 Å². The van der Waals surface area contributed by atoms with Gasteiger partial charge in [0.15, 0.2) is 0 Å². The summed E-state index contributed by atoms with van der Waals surface area (Å²) in [6.45, 7) is -0.305. The average molecular weight is 266 g/mol. The van der Waals surface area contributed by atoms with Crippen molar-refractivity contribution in [3.63, 3.8) is 0 Å². The SMILES string of the molecule is [2H]c1nc(N2CCC(F)(F)C2)nc([2H])c1Br. The van der Waals surface area contributed by atoms with E-state index in [0.29, 0.717) is 0 Å². The first-order valence-corrected chi connectivity index (χ1v) is 4.82. The first kappa shape index (κ1) is 7.50. The Morgan fingerprint density at radius 1 is 1.50 bits per heavy atom. The lowest BCUT2D eigenvalue weighted by atomic mass is 10.3. The lowest BCUT2D eigenvalue weighted by Crippen LogP contribution is -2.26. The van der Waals surface area contributed by atoms with Crippen molar-refractivity contribution >= 4 is 21.9 Å². The van der Waals surface area contributed by atoms with Gasteiger partial charge >= 0.3 is 0 Å². The maximum Gasteiger partial charge on any atom is 0.267 e. The molecule has 0 atom stereocenters. The van der Waals surface area contributed by atoms with Gasteiger partial charge in [-0.3, -0.25) is 0 Å². The third-order valence-corrected chi connectivity index (χ3v) is 2.32. The summed E-state index contributed by atoms with van der Waals surface area (Å²) in [5.41, 5.74) is 0. The molecule has 1 saturated heterocycles. The molecule has 1 aromatic rings. The molecule has 0 unspecified atom stereocenters. The number of aromatic nitrogens is 2. The zero-order chi connectivity index (χ0) is 11.9. The van der Waals surface area contributed by atoms with Crippen LogP contribution in [-0.4, -0.2) is 29.0 Å². The van der Waals surface area contributed by atoms with E-state index < -0.39 is 12.5 Å². The average Bonchev–Trinajstić information content (AvgIpc) is 2.54. The third kappa shape index (κ3) is 2.00. The predicted octanol–water partition coefficient (Wildman–Crippen LogP) is 2.08. The van der Waals surface area contributed by atoms with Gasteiger partial charge in [0, 0.05) is 25.3 Å². The lowest BCUT2D eigenvalue weighted by Gasteiger charge is -2.14. The minimum absolute atomic E-state index is 0.0235. The molecule has 0 N–H and O–H groups in total. The van der Waals surface area contributed by atoms with E-state index in [1.807, 2.05) is 0 Å². The third-order valence-electron chi connectivity index (χ3n) is 1.96. The Bertz CT molecular complexity index is 407. The maximum atomic E-state index is 13.0. The summed E-state index contributed by atoms with van der Waals surface area (Å²) >= 11 is 2.98. The summed E-state index contributed by atoms with van der Waals surface area (Å²) in [5.74, 6) is -2.71. The van der Waals surface area contributed by atoms with Crippen molar-refractivity contribution in [3.8, 4) is 0 Å². The number of hydrogen-bond donors (Lipinski definition) is 0. The molecule has 14 heavy (non-hydrogen) atoms. The normalized spacial score (nSPS) is 22.1. The van der Waals surface area contributed by atoms with E-state index in [0.717, 1.165) is 0 Å². The zero-order valence-corrected chi connectivity index (χ0v) is 8.68. The van der Waals surface area contributed by atoms with E-state index in [1.165, 1.54) is 4.90 Å². The van der Waals surface area contributed by atoms with Gasteiger partial charge in [-0.2, -0.15) is 0 Å². The van der Waals surface area contributed by atoms with E-state index in [-0.39, 0.29) is 35.7 Å². The van der Waals surface area contributed by atoms with Gasteiger partial charge in [-0.1, -0.05) is 0 Å². The molecule has 0 spiro atoms. The van der Waals surface area contributed by atoms with Gasteiger partial charge in [0.05, 0.1) is 13.8 Å². The summed E-state index contributed by atoms with van der Waals surface area (Å²) in [6.07, 6.45) is -0.567. The van der Waals surface area contributed by atoms with Crippen molar-refractivity contribution in [3.05, 3.63) is 16.8 Å². The van der Waals surface area contributed by atoms with E-state index in [4.69, 9.17) is 2.74 Å². The molecule has 1 aromatic heterocycles. The monoisotopic (exact) mass is 265 g/mol. The fourth-order valence-corrected chi connectivity index (χ4v) is 1.47. The summed E-state index contributed by atoms with van der Waals surface area (Å²) < 4.78 is 41.0. The van der Waals surface area contributed by atoms with Crippen LogP contribution < -0.4 is 4.90 Å². The Morgan fingerprint density at radius 2 is 2.14 bits per heavy atom. The van der Waals surface area contributed by atoms with E-state index in [9.17, 15) is 8.78 Å². The first-order valence-electron chi connectivity index (χ1n) is 5.02. The zero-order valence-electron chi connectivity index (χ0n) is 9.10. The van der Waals surface area contributed by atoms with Gasteiger partial charge < -0.3 is 4.90 Å². The summed E-state index contributed by atoms with van der Waals surface area (Å²) in [4.78, 5) is 8.82. The minimum atomic E-state index is -2.74. The number of hydrogen-bond acceptors (Lipinski definition) is 3. The van der Waals surface area contributed by atoms with Crippen molar-refractivity contribution in [2.45, 2.75) is 12.3 Å². The maximum absolute atomic E-state index is 13.0. The first-order chi connectivity index (χ1) is 7.39. The fraction of sp³-hybridized carbons (Fsp3) is 0.500. The van der Waals surface area contributed by atoms with E-state index in [1.54, 1.807) is 0 Å². The molecule has 0 saturated carbocycles. The molecule has 0 radical (unpaired) electrons. The molecule has 3 nitrogen and oxygen atoms in total. The summed E-state index contributed by atoms with van der Waals surface area (Å²) in [7, 11) is 0. The summed E-state index contributed by atoms with van der Waals surface area (Å²) in [5, 5.41) is 0. The molecule has 76 valence electrons. The van der Waals surface area contributed by atoms with E-state index in [2.05, 4.69) is 25.9 Å². The highest BCUT2D eigenvalue weighted by molar-refractivity contribution is 9.10. The second kappa shape index (κ2) is 3.42. The van der Waals surface area contributed by atoms with Crippen molar-refractivity contribution in [2.75, 3.05) is 18.0 Å². The van der Waals surface area contributed by atoms with Crippen LogP contribution in [0.15, 0.2) is 16.8 Å². The van der Waals surface area contributed by atoms with Crippen LogP contribution >= 0.6 is 15.9 Å². The van der Waals surface area contributed by atoms with Gasteiger partial charge in [-0.15, -0.1) is 0 Å². The molecule has 0 bridgehead atoms. The van der Waals surface area contributed by atoms with Gasteiger partial charge in [-0.05, 0) is 15.9 Å². The van der Waals surface area contributed by atoms with Gasteiger partial charge in [-0.25, -0.2) is 18.7 Å². The number of rotatable bonds is 1. The number of nitrogens with zero attached hydrogens (tertiary/aromatic N) is 3. The smallest absolute Gasteiger partial charge is 0.267 e. The van der Waals surface area contributed by atoms with Crippen LogP contribution in [0.2, 0.25) is 0 Å². The van der Waals surface area contributed by atoms with E-state index >= 15 is 0 Å². The molecule has 2 rings (SSSR count). The molecule has 1 aliphatic heterocycles. The topological polar surface area (TPSA) is 29.0 Å². The quantitative estimate of drug-likeness (QED) is 0.779. The second-order valence-electron chi connectivity index (χ2n) is 3.09. The van der Waals surface area contributed by atoms with Gasteiger partial charge in [0.1, 0.15) is 0 Å². The summed E-state index contributed by atoms with van der Waals surface area (Å²) in [6, 6.07) is 0. The number of halogens is 3. The molecule has 1 aliphatic rings. The molecular formula is C8H8BrF2N3. The van der Waals surface area contributed by atoms with Crippen molar-refractivity contribution < 1.29 is 11.5 Å². The van der Waals surface area contributed by atoms with Crippen LogP contribution in [0.3, 0.4) is 0 Å². The van der Waals surface area contributed by atoms with Crippen molar-refractivity contribution in [1.82, 2.24) is 9.97 Å². The van der Waals surface area contributed by atoms with Crippen LogP contribution in [0, 0.1) is 0 Å². The van der Waals surface area contributed by atoms with Crippen LogP contribution in [0.5, 0.6) is 0 Å². The molecular weight excluding hydrogens is 256 g/mol. The Kier molecular flexibility index (Phi) is 1.83. The number of alkyl halides is 2. The lowest BCUT2D eigenvalue weighted by molar-refractivity contribution is 0.0256. The molecule has 0 amide bonds. The van der Waals surface area contributed by atoms with Gasteiger partial charge in [0.25, 0.3) is 5.92 Å². The Morgan fingerprint density at radius 3 is 2.64 bits per heavy atom. The van der Waals surface area contributed by atoms with Gasteiger partial charge in [0.2, 0.25) is 5.95 Å². The standard InChI is InChI=1S/C8H8BrF2N3/c9-6-3-12-7(13-4-6)14-2-1-8(10,11)5-14/h3-4H,1-2,5H2/i3D,4D. The highest BCUT2D eigenvalue weighted by Gasteiger charge is 2.39. The Hall–Kier alpha value is -0.780. The van der Waals surface area contributed by atoms with Crippen LogP contribution in [-0.2, 0) is 0 Å². The Labute approximate surface area is 91.1 Å². The fourth-order valence-electron chi connectivity index (χ4n) is 1.30. The highest BCUT2D eigenvalue weighted by atomic mass is 79.9. The van der Waals surface area contributed by atoms with Crippen molar-refractivity contribution in [2.24, 2.45) is 0 Å². The molecule has 1 fully saturated rings. The molecule has 6 heteroatoms. The molecule has 0 aliphatic carbocycles. The van der Waals surface area contributed by atoms with Crippen LogP contribution in [0.1, 0.15) is 9.16 Å². The minimum Gasteiger partial charge on any atom is -0.335 e. The van der Waals surface area contributed by atoms with Crippen molar-refractivity contribution in [1.29, 1.82) is 0 Å². The molecule has 2 heterocycles. The Balaban J connectivity index is 2.29. The number of anilines is 1. The van der Waals surface area contributed by atoms with Crippen LogP contribution in [0.25, 0.3) is 0 Å².